The summed E-state index contributed by atoms with van der Waals surface area (Å²) < 4.78 is 17.3. The zero-order chi connectivity index (χ0) is 27.5. The van der Waals surface area contributed by atoms with Gasteiger partial charge in [-0.25, -0.2) is 0 Å². The summed E-state index contributed by atoms with van der Waals surface area (Å²) in [6.45, 7) is 7.11. The Morgan fingerprint density at radius 2 is 1.62 bits per heavy atom. The lowest BCUT2D eigenvalue weighted by atomic mass is 9.84. The average Bonchev–Trinajstić information content (AvgIpc) is 3.10. The highest BCUT2D eigenvalue weighted by atomic mass is 32.2. The Morgan fingerprint density at radius 1 is 0.974 bits per heavy atom. The third kappa shape index (κ3) is 8.55. The molecule has 0 saturated carbocycles. The van der Waals surface area contributed by atoms with Crippen LogP contribution in [0.2, 0.25) is 0 Å². The lowest BCUT2D eigenvalue weighted by molar-refractivity contribution is -0.141. The molecule has 2 aliphatic heterocycles. The topological polar surface area (TPSA) is 77.1 Å². The first-order valence-electron chi connectivity index (χ1n) is 14.0. The van der Waals surface area contributed by atoms with Crippen molar-refractivity contribution in [2.24, 2.45) is 5.41 Å². The van der Waals surface area contributed by atoms with Crippen LogP contribution in [0, 0.1) is 5.41 Å². The molecule has 0 bridgehead atoms. The van der Waals surface area contributed by atoms with E-state index in [1.54, 1.807) is 11.8 Å². The third-order valence-electron chi connectivity index (χ3n) is 7.34. The fraction of sp³-hybridized carbons (Fsp3) is 0.548. The van der Waals surface area contributed by atoms with Crippen molar-refractivity contribution in [3.63, 3.8) is 0 Å². The van der Waals surface area contributed by atoms with E-state index >= 15 is 0 Å². The maximum Gasteiger partial charge on any atom is 0.243 e. The molecule has 2 amide bonds. The summed E-state index contributed by atoms with van der Waals surface area (Å²) in [5.74, 6) is 0.934. The minimum absolute atomic E-state index is 0.0663. The third-order valence-corrected chi connectivity index (χ3v) is 8.64. The lowest BCUT2D eigenvalue weighted by Crippen LogP contribution is -2.53. The van der Waals surface area contributed by atoms with Crippen molar-refractivity contribution in [3.05, 3.63) is 71.8 Å². The van der Waals surface area contributed by atoms with Gasteiger partial charge in [-0.2, -0.15) is 0 Å². The van der Waals surface area contributed by atoms with Crippen LogP contribution in [0.4, 0.5) is 0 Å². The summed E-state index contributed by atoms with van der Waals surface area (Å²) in [6.07, 6.45) is 3.08. The standard InChI is InChI=1S/C31H42N2O5S/c1-31(2)22-28-33(27(34)14-9-21-39-28)29(31)30(35)32-26(25-12-7-4-8-13-25)23-38-20-19-37-18-17-36-16-15-24-10-5-3-6-11-24/h3-8,10-13,26,28-29H,9,14-23H2,1-2H3,(H,32,35)/t26-,28+,29-/m1/s1. The van der Waals surface area contributed by atoms with Crippen LogP contribution >= 0.6 is 11.8 Å². The van der Waals surface area contributed by atoms with Gasteiger partial charge in [0.1, 0.15) is 6.04 Å². The van der Waals surface area contributed by atoms with Gasteiger partial charge in [0.2, 0.25) is 11.8 Å². The second-order valence-corrected chi connectivity index (χ2v) is 12.1. The molecule has 2 heterocycles. The second-order valence-electron chi connectivity index (χ2n) is 10.8. The van der Waals surface area contributed by atoms with Crippen LogP contribution in [-0.4, -0.2) is 73.5 Å². The van der Waals surface area contributed by atoms with E-state index in [0.717, 1.165) is 30.6 Å². The van der Waals surface area contributed by atoms with E-state index in [-0.39, 0.29) is 28.6 Å². The van der Waals surface area contributed by atoms with Crippen molar-refractivity contribution in [2.75, 3.05) is 45.4 Å². The van der Waals surface area contributed by atoms with Gasteiger partial charge in [-0.3, -0.25) is 9.59 Å². The molecule has 0 aliphatic carbocycles. The van der Waals surface area contributed by atoms with Gasteiger partial charge in [-0.1, -0.05) is 74.5 Å². The minimum Gasteiger partial charge on any atom is -0.379 e. The number of hydrogen-bond acceptors (Lipinski definition) is 6. The van der Waals surface area contributed by atoms with Crippen LogP contribution in [0.5, 0.6) is 0 Å². The van der Waals surface area contributed by atoms with E-state index < -0.39 is 6.04 Å². The number of fused-ring (bicyclic) bond motifs is 1. The minimum atomic E-state index is -0.489. The predicted molar refractivity (Wildman–Crippen MR) is 154 cm³/mol. The molecule has 0 unspecified atom stereocenters. The van der Waals surface area contributed by atoms with Gasteiger partial charge in [0, 0.05) is 6.42 Å². The van der Waals surface area contributed by atoms with Crippen molar-refractivity contribution in [3.8, 4) is 0 Å². The summed E-state index contributed by atoms with van der Waals surface area (Å²) in [4.78, 5) is 28.5. The predicted octanol–water partition coefficient (Wildman–Crippen LogP) is 4.62. The van der Waals surface area contributed by atoms with Crippen molar-refractivity contribution < 1.29 is 23.8 Å². The molecule has 4 rings (SSSR count). The van der Waals surface area contributed by atoms with Crippen molar-refractivity contribution >= 4 is 23.6 Å². The van der Waals surface area contributed by atoms with Gasteiger partial charge in [-0.15, -0.1) is 11.8 Å². The maximum absolute atomic E-state index is 13.7. The van der Waals surface area contributed by atoms with Crippen LogP contribution in [0.25, 0.3) is 0 Å². The van der Waals surface area contributed by atoms with E-state index in [2.05, 4.69) is 31.3 Å². The Balaban J connectivity index is 1.22. The zero-order valence-electron chi connectivity index (χ0n) is 23.2. The summed E-state index contributed by atoms with van der Waals surface area (Å²) in [7, 11) is 0. The van der Waals surface area contributed by atoms with E-state index in [0.29, 0.717) is 46.1 Å². The van der Waals surface area contributed by atoms with Gasteiger partial charge in [0.05, 0.1) is 51.1 Å². The zero-order valence-corrected chi connectivity index (χ0v) is 24.0. The summed E-state index contributed by atoms with van der Waals surface area (Å²) in [6, 6.07) is 19.3. The molecule has 2 aromatic rings. The number of thioether (sulfide) groups is 1. The number of hydrogen-bond donors (Lipinski definition) is 1. The number of carbonyl (C=O) groups excluding carboxylic acids is 2. The van der Waals surface area contributed by atoms with Gasteiger partial charge in [-0.05, 0) is 41.6 Å². The Morgan fingerprint density at radius 3 is 2.33 bits per heavy atom. The number of benzene rings is 2. The molecular weight excluding hydrogens is 512 g/mol. The van der Waals surface area contributed by atoms with Crippen LogP contribution in [0.1, 0.15) is 50.3 Å². The van der Waals surface area contributed by atoms with Gasteiger partial charge < -0.3 is 24.4 Å². The van der Waals surface area contributed by atoms with Crippen LogP contribution in [-0.2, 0) is 30.2 Å². The summed E-state index contributed by atoms with van der Waals surface area (Å²) in [5, 5.41) is 3.28. The quantitative estimate of drug-likeness (QED) is 0.344. The van der Waals surface area contributed by atoms with Crippen molar-refractivity contribution in [1.29, 1.82) is 0 Å². The van der Waals surface area contributed by atoms with Crippen LogP contribution in [0.3, 0.4) is 0 Å². The molecule has 2 aliphatic rings. The number of rotatable bonds is 14. The number of carbonyl (C=O) groups is 2. The highest BCUT2D eigenvalue weighted by Crippen LogP contribution is 2.46. The van der Waals surface area contributed by atoms with Gasteiger partial charge in [0.25, 0.3) is 0 Å². The highest BCUT2D eigenvalue weighted by Gasteiger charge is 2.52. The Bertz CT molecular complexity index is 1040. The van der Waals surface area contributed by atoms with Gasteiger partial charge in [0.15, 0.2) is 0 Å². The molecule has 0 aromatic heterocycles. The Kier molecular flexibility index (Phi) is 11.3. The molecule has 8 heteroatoms. The molecular formula is C31H42N2O5S. The summed E-state index contributed by atoms with van der Waals surface area (Å²) in [5.41, 5.74) is 1.94. The first-order valence-corrected chi connectivity index (χ1v) is 15.1. The van der Waals surface area contributed by atoms with Crippen LogP contribution < -0.4 is 5.32 Å². The van der Waals surface area contributed by atoms with E-state index in [1.807, 2.05) is 53.4 Å². The molecule has 0 spiro atoms. The number of ether oxygens (including phenoxy) is 3. The van der Waals surface area contributed by atoms with Crippen molar-refractivity contribution in [1.82, 2.24) is 10.2 Å². The molecule has 1 N–H and O–H groups in total. The summed E-state index contributed by atoms with van der Waals surface area (Å²) >= 11 is 1.80. The Hall–Kier alpha value is -2.39. The SMILES string of the molecule is CC1(C)C[C@@H]2SCCCC(=O)N2[C@@H]1C(=O)N[C@H](COCCOCCOCCc1ccccc1)c1ccccc1. The molecule has 2 saturated heterocycles. The smallest absolute Gasteiger partial charge is 0.243 e. The number of amides is 2. The average molecular weight is 555 g/mol. The van der Waals surface area contributed by atoms with Crippen LogP contribution in [0.15, 0.2) is 60.7 Å². The molecule has 7 nitrogen and oxygen atoms in total. The van der Waals surface area contributed by atoms with Crippen molar-refractivity contribution in [2.45, 2.75) is 57.0 Å². The monoisotopic (exact) mass is 554 g/mol. The molecule has 39 heavy (non-hydrogen) atoms. The second kappa shape index (κ2) is 14.8. The van der Waals surface area contributed by atoms with E-state index in [1.165, 1.54) is 5.56 Å². The molecule has 212 valence electrons. The first kappa shape index (κ1) is 29.6. The van der Waals surface area contributed by atoms with E-state index in [9.17, 15) is 9.59 Å². The highest BCUT2D eigenvalue weighted by molar-refractivity contribution is 7.99. The largest absolute Gasteiger partial charge is 0.379 e. The first-order chi connectivity index (χ1) is 19.0. The molecule has 0 radical (unpaired) electrons. The number of nitrogens with one attached hydrogen (secondary N) is 1. The van der Waals surface area contributed by atoms with Gasteiger partial charge >= 0.3 is 0 Å². The fourth-order valence-electron chi connectivity index (χ4n) is 5.33. The van der Waals surface area contributed by atoms with E-state index in [4.69, 9.17) is 14.2 Å². The number of nitrogens with zero attached hydrogens (tertiary/aromatic N) is 1. The molecule has 2 aromatic carbocycles. The molecule has 2 fully saturated rings. The Labute approximate surface area is 237 Å². The maximum atomic E-state index is 13.7. The molecule has 3 atom stereocenters. The lowest BCUT2D eigenvalue weighted by Gasteiger charge is -2.33. The normalized spacial score (nSPS) is 21.3. The fourth-order valence-corrected chi connectivity index (χ4v) is 6.86.